The van der Waals surface area contributed by atoms with Crippen LogP contribution in [0.1, 0.15) is 6.42 Å². The average molecular weight is 345 g/mol. The lowest BCUT2D eigenvalue weighted by Gasteiger charge is -2.09. The van der Waals surface area contributed by atoms with E-state index in [1.54, 1.807) is 24.4 Å². The summed E-state index contributed by atoms with van der Waals surface area (Å²) < 4.78 is 34.3. The highest BCUT2D eigenvalue weighted by atomic mass is 32.2. The number of benzene rings is 1. The summed E-state index contributed by atoms with van der Waals surface area (Å²) in [5, 5.41) is 1.08. The number of fused-ring (bicyclic) bond motifs is 1. The Bertz CT molecular complexity index is 935. The standard InChI is InChI=1S/C17H19N3O3S/c1-23-15-6-2-7-16(13-15)24(21,22)19-10-4-11-20-12-8-14-5-3-9-18-17(14)20/h2-3,5-9,12-13,19H,4,10-11H2,1H3. The second-order valence-corrected chi connectivity index (χ2v) is 7.12. The van der Waals surface area contributed by atoms with E-state index in [1.165, 1.54) is 13.2 Å². The topological polar surface area (TPSA) is 73.2 Å². The number of ether oxygens (including phenoxy) is 1. The first-order chi connectivity index (χ1) is 11.6. The highest BCUT2D eigenvalue weighted by Gasteiger charge is 2.14. The molecule has 0 aliphatic heterocycles. The Hall–Kier alpha value is -2.38. The molecule has 1 N–H and O–H groups in total. The monoisotopic (exact) mass is 345 g/mol. The van der Waals surface area contributed by atoms with Gasteiger partial charge in [0.15, 0.2) is 0 Å². The van der Waals surface area contributed by atoms with E-state index < -0.39 is 10.0 Å². The normalized spacial score (nSPS) is 11.7. The molecule has 126 valence electrons. The highest BCUT2D eigenvalue weighted by Crippen LogP contribution is 2.17. The number of methoxy groups -OCH3 is 1. The van der Waals surface area contributed by atoms with Gasteiger partial charge in [0, 0.05) is 36.9 Å². The molecule has 0 spiro atoms. The molecule has 6 nitrogen and oxygen atoms in total. The van der Waals surface area contributed by atoms with Gasteiger partial charge < -0.3 is 9.30 Å². The third-order valence-electron chi connectivity index (χ3n) is 3.74. The number of pyridine rings is 1. The first kappa shape index (κ1) is 16.5. The van der Waals surface area contributed by atoms with Gasteiger partial charge in [-0.25, -0.2) is 18.1 Å². The predicted octanol–water partition coefficient (Wildman–Crippen LogP) is 2.41. The summed E-state index contributed by atoms with van der Waals surface area (Å²) in [6.07, 6.45) is 4.39. The van der Waals surface area contributed by atoms with Crippen molar-refractivity contribution in [2.24, 2.45) is 0 Å². The number of hydrogen-bond acceptors (Lipinski definition) is 4. The molecule has 0 aliphatic carbocycles. The van der Waals surface area contributed by atoms with Crippen molar-refractivity contribution in [2.75, 3.05) is 13.7 Å². The largest absolute Gasteiger partial charge is 0.497 e. The molecular formula is C17H19N3O3S. The molecule has 0 saturated carbocycles. The predicted molar refractivity (Wildman–Crippen MR) is 92.5 cm³/mol. The minimum Gasteiger partial charge on any atom is -0.497 e. The van der Waals surface area contributed by atoms with Gasteiger partial charge in [-0.15, -0.1) is 0 Å². The van der Waals surface area contributed by atoms with Gasteiger partial charge in [0.05, 0.1) is 12.0 Å². The molecule has 2 aromatic heterocycles. The fourth-order valence-corrected chi connectivity index (χ4v) is 3.62. The average Bonchev–Trinajstić information content (AvgIpc) is 3.02. The number of aryl methyl sites for hydroxylation is 1. The van der Waals surface area contributed by atoms with Gasteiger partial charge in [-0.3, -0.25) is 0 Å². The molecule has 0 bridgehead atoms. The van der Waals surface area contributed by atoms with Crippen LogP contribution < -0.4 is 9.46 Å². The Kier molecular flexibility index (Phi) is 4.82. The van der Waals surface area contributed by atoms with Crippen molar-refractivity contribution in [3.8, 4) is 5.75 Å². The Balaban J connectivity index is 1.59. The van der Waals surface area contributed by atoms with Crippen molar-refractivity contribution >= 4 is 21.1 Å². The third kappa shape index (κ3) is 3.58. The van der Waals surface area contributed by atoms with Crippen molar-refractivity contribution < 1.29 is 13.2 Å². The van der Waals surface area contributed by atoms with E-state index in [-0.39, 0.29) is 4.90 Å². The quantitative estimate of drug-likeness (QED) is 0.668. The zero-order valence-corrected chi connectivity index (χ0v) is 14.2. The van der Waals surface area contributed by atoms with Crippen molar-refractivity contribution in [1.29, 1.82) is 0 Å². The van der Waals surface area contributed by atoms with Crippen LogP contribution in [0.5, 0.6) is 5.75 Å². The summed E-state index contributed by atoms with van der Waals surface area (Å²) >= 11 is 0. The van der Waals surface area contributed by atoms with Gasteiger partial charge in [0.1, 0.15) is 11.4 Å². The van der Waals surface area contributed by atoms with E-state index in [2.05, 4.69) is 9.71 Å². The zero-order valence-electron chi connectivity index (χ0n) is 13.3. The van der Waals surface area contributed by atoms with Crippen LogP contribution in [0.4, 0.5) is 0 Å². The second kappa shape index (κ2) is 7.02. The number of hydrogen-bond donors (Lipinski definition) is 1. The lowest BCUT2D eigenvalue weighted by Crippen LogP contribution is -2.25. The van der Waals surface area contributed by atoms with Gasteiger partial charge in [0.2, 0.25) is 10.0 Å². The number of rotatable bonds is 7. The summed E-state index contributed by atoms with van der Waals surface area (Å²) in [5.74, 6) is 0.516. The minimum absolute atomic E-state index is 0.204. The number of nitrogens with one attached hydrogen (secondary N) is 1. The zero-order chi connectivity index (χ0) is 17.0. The molecule has 3 rings (SSSR count). The molecule has 0 fully saturated rings. The first-order valence-corrected chi connectivity index (χ1v) is 9.12. The molecule has 1 aromatic carbocycles. The molecule has 0 unspecified atom stereocenters. The van der Waals surface area contributed by atoms with Crippen LogP contribution in [0.25, 0.3) is 11.0 Å². The molecule has 0 atom stereocenters. The van der Waals surface area contributed by atoms with E-state index in [1.807, 2.05) is 29.0 Å². The van der Waals surface area contributed by atoms with Crippen molar-refractivity contribution in [2.45, 2.75) is 17.9 Å². The molecule has 7 heteroatoms. The summed E-state index contributed by atoms with van der Waals surface area (Å²) in [6, 6.07) is 12.3. The van der Waals surface area contributed by atoms with E-state index in [0.29, 0.717) is 25.3 Å². The van der Waals surface area contributed by atoms with Crippen molar-refractivity contribution in [3.05, 3.63) is 54.9 Å². The number of sulfonamides is 1. The molecule has 3 aromatic rings. The molecule has 0 amide bonds. The second-order valence-electron chi connectivity index (χ2n) is 5.36. The van der Waals surface area contributed by atoms with Gasteiger partial charge >= 0.3 is 0 Å². The highest BCUT2D eigenvalue weighted by molar-refractivity contribution is 7.89. The van der Waals surface area contributed by atoms with E-state index in [4.69, 9.17) is 4.74 Å². The Morgan fingerprint density at radius 1 is 1.21 bits per heavy atom. The summed E-state index contributed by atoms with van der Waals surface area (Å²) in [6.45, 7) is 1.05. The van der Waals surface area contributed by atoms with Gasteiger partial charge in [0.25, 0.3) is 0 Å². The van der Waals surface area contributed by atoms with Gasteiger partial charge in [-0.05, 0) is 36.8 Å². The number of aromatic nitrogens is 2. The Labute approximate surface area is 141 Å². The van der Waals surface area contributed by atoms with E-state index in [0.717, 1.165) is 11.0 Å². The molecule has 0 saturated heterocycles. The lowest BCUT2D eigenvalue weighted by atomic mass is 10.3. The Morgan fingerprint density at radius 3 is 2.92 bits per heavy atom. The molecule has 2 heterocycles. The van der Waals surface area contributed by atoms with Gasteiger partial charge in [-0.2, -0.15) is 0 Å². The molecular weight excluding hydrogens is 326 g/mol. The van der Waals surface area contributed by atoms with E-state index in [9.17, 15) is 8.42 Å². The minimum atomic E-state index is -3.53. The maximum absolute atomic E-state index is 12.3. The Morgan fingerprint density at radius 2 is 2.08 bits per heavy atom. The van der Waals surface area contributed by atoms with Gasteiger partial charge in [-0.1, -0.05) is 6.07 Å². The molecule has 0 aliphatic rings. The maximum Gasteiger partial charge on any atom is 0.240 e. The van der Waals surface area contributed by atoms with Crippen LogP contribution in [0.15, 0.2) is 59.8 Å². The van der Waals surface area contributed by atoms with Crippen LogP contribution in [-0.2, 0) is 16.6 Å². The maximum atomic E-state index is 12.3. The molecule has 24 heavy (non-hydrogen) atoms. The van der Waals surface area contributed by atoms with Crippen LogP contribution in [0.2, 0.25) is 0 Å². The number of nitrogens with zero attached hydrogens (tertiary/aromatic N) is 2. The first-order valence-electron chi connectivity index (χ1n) is 7.64. The summed E-state index contributed by atoms with van der Waals surface area (Å²) in [5.41, 5.74) is 0.910. The summed E-state index contributed by atoms with van der Waals surface area (Å²) in [4.78, 5) is 4.55. The van der Waals surface area contributed by atoms with Crippen LogP contribution in [-0.4, -0.2) is 31.6 Å². The molecule has 0 radical (unpaired) electrons. The lowest BCUT2D eigenvalue weighted by molar-refractivity contribution is 0.413. The van der Waals surface area contributed by atoms with Crippen molar-refractivity contribution in [3.63, 3.8) is 0 Å². The smallest absolute Gasteiger partial charge is 0.240 e. The van der Waals surface area contributed by atoms with Crippen LogP contribution in [0.3, 0.4) is 0 Å². The summed E-state index contributed by atoms with van der Waals surface area (Å²) in [7, 11) is -2.02. The fraction of sp³-hybridized carbons (Fsp3) is 0.235. The third-order valence-corrected chi connectivity index (χ3v) is 5.20. The van der Waals surface area contributed by atoms with Crippen LogP contribution >= 0.6 is 0 Å². The van der Waals surface area contributed by atoms with E-state index >= 15 is 0 Å². The van der Waals surface area contributed by atoms with Crippen molar-refractivity contribution in [1.82, 2.24) is 14.3 Å². The van der Waals surface area contributed by atoms with Crippen LogP contribution in [0, 0.1) is 0 Å². The fourth-order valence-electron chi connectivity index (χ4n) is 2.51. The SMILES string of the molecule is COc1cccc(S(=O)(=O)NCCCn2ccc3cccnc32)c1.